The van der Waals surface area contributed by atoms with Crippen LogP contribution in [0.5, 0.6) is 0 Å². The summed E-state index contributed by atoms with van der Waals surface area (Å²) in [7, 11) is 1.82. The Balaban J connectivity index is 1.51. The molecule has 0 aliphatic heterocycles. The number of Topliss-reactive ketones (excluding diaryl/α,β-unsaturated/α-hetero) is 1. The van der Waals surface area contributed by atoms with Crippen LogP contribution in [0.3, 0.4) is 0 Å². The molecule has 0 aliphatic carbocycles. The van der Waals surface area contributed by atoms with Crippen LogP contribution in [0.1, 0.15) is 26.5 Å². The molecule has 10 heteroatoms. The molecule has 156 valence electrons. The molecule has 1 amide bonds. The van der Waals surface area contributed by atoms with E-state index < -0.39 is 0 Å². The van der Waals surface area contributed by atoms with Crippen molar-refractivity contribution in [3.05, 3.63) is 74.5 Å². The normalized spacial score (nSPS) is 10.8. The van der Waals surface area contributed by atoms with Gasteiger partial charge in [-0.3, -0.25) is 9.59 Å². The van der Waals surface area contributed by atoms with Gasteiger partial charge in [0.25, 0.3) is 5.91 Å². The zero-order valence-corrected chi connectivity index (χ0v) is 18.9. The standard InChI is InChI=1S/C20H17Cl3N4O2S/c1-27-18(8-9-24-19(29)13-4-7-15(22)16(23)10-13)25-26-20(27)30-11-17(28)12-2-5-14(21)6-3-12/h2-7,10H,8-9,11H2,1H3,(H,24,29). The number of rotatable bonds is 8. The van der Waals surface area contributed by atoms with E-state index in [0.717, 1.165) is 0 Å². The number of hydrogen-bond acceptors (Lipinski definition) is 5. The van der Waals surface area contributed by atoms with Gasteiger partial charge in [-0.1, -0.05) is 46.6 Å². The Morgan fingerprint density at radius 2 is 1.70 bits per heavy atom. The van der Waals surface area contributed by atoms with Gasteiger partial charge >= 0.3 is 0 Å². The summed E-state index contributed by atoms with van der Waals surface area (Å²) in [5.41, 5.74) is 1.03. The molecule has 0 spiro atoms. The van der Waals surface area contributed by atoms with Gasteiger partial charge in [-0.15, -0.1) is 10.2 Å². The zero-order valence-electron chi connectivity index (χ0n) is 15.9. The lowest BCUT2D eigenvalue weighted by molar-refractivity contribution is 0.0953. The molecule has 0 aliphatic rings. The first kappa shape index (κ1) is 22.6. The number of nitrogens with one attached hydrogen (secondary N) is 1. The van der Waals surface area contributed by atoms with Crippen LogP contribution < -0.4 is 5.32 Å². The molecule has 3 rings (SSSR count). The number of carbonyl (C=O) groups excluding carboxylic acids is 2. The molecule has 3 aromatic rings. The van der Waals surface area contributed by atoms with E-state index in [2.05, 4.69) is 15.5 Å². The number of carbonyl (C=O) groups is 2. The van der Waals surface area contributed by atoms with Gasteiger partial charge in [0.15, 0.2) is 10.9 Å². The van der Waals surface area contributed by atoms with Crippen LogP contribution in [0.15, 0.2) is 47.6 Å². The van der Waals surface area contributed by atoms with Gasteiger partial charge in [-0.25, -0.2) is 0 Å². The first-order valence-corrected chi connectivity index (χ1v) is 11.0. The second-order valence-electron chi connectivity index (χ2n) is 6.31. The molecule has 0 unspecified atom stereocenters. The number of amides is 1. The summed E-state index contributed by atoms with van der Waals surface area (Å²) in [4.78, 5) is 24.5. The molecule has 1 aromatic heterocycles. The third-order valence-corrected chi connectivity index (χ3v) is 6.25. The Labute approximate surface area is 192 Å². The van der Waals surface area contributed by atoms with Crippen LogP contribution >= 0.6 is 46.6 Å². The minimum Gasteiger partial charge on any atom is -0.352 e. The lowest BCUT2D eigenvalue weighted by Gasteiger charge is -2.07. The van der Waals surface area contributed by atoms with Crippen molar-refractivity contribution < 1.29 is 9.59 Å². The molecule has 0 saturated carbocycles. The van der Waals surface area contributed by atoms with Crippen LogP contribution in [0.25, 0.3) is 0 Å². The second-order valence-corrected chi connectivity index (χ2v) is 8.50. The second kappa shape index (κ2) is 10.3. The van der Waals surface area contributed by atoms with Gasteiger partial charge in [0.05, 0.1) is 15.8 Å². The van der Waals surface area contributed by atoms with Crippen molar-refractivity contribution in [2.24, 2.45) is 7.05 Å². The summed E-state index contributed by atoms with van der Waals surface area (Å²) < 4.78 is 1.81. The highest BCUT2D eigenvalue weighted by Gasteiger charge is 2.13. The Bertz CT molecular complexity index is 1070. The molecule has 1 N–H and O–H groups in total. The van der Waals surface area contributed by atoms with Crippen LogP contribution in [-0.2, 0) is 13.5 Å². The fraction of sp³-hybridized carbons (Fsp3) is 0.200. The Kier molecular flexibility index (Phi) is 7.77. The minimum absolute atomic E-state index is 0.0184. The van der Waals surface area contributed by atoms with Crippen LogP contribution in [-0.4, -0.2) is 38.8 Å². The predicted octanol–water partition coefficient (Wildman–Crippen LogP) is 4.72. The smallest absolute Gasteiger partial charge is 0.251 e. The summed E-state index contributed by atoms with van der Waals surface area (Å²) in [6.45, 7) is 0.374. The van der Waals surface area contributed by atoms with Gasteiger partial charge in [0.2, 0.25) is 0 Å². The van der Waals surface area contributed by atoms with Crippen LogP contribution in [0.4, 0.5) is 0 Å². The highest BCUT2D eigenvalue weighted by atomic mass is 35.5. The molecule has 0 radical (unpaired) electrons. The number of benzene rings is 2. The van der Waals surface area contributed by atoms with E-state index in [1.807, 2.05) is 11.6 Å². The Morgan fingerprint density at radius 1 is 1.00 bits per heavy atom. The minimum atomic E-state index is -0.251. The first-order chi connectivity index (χ1) is 14.3. The third-order valence-electron chi connectivity index (χ3n) is 4.24. The molecular formula is C20H17Cl3N4O2S. The number of hydrogen-bond donors (Lipinski definition) is 1. The van der Waals surface area contributed by atoms with Gasteiger partial charge in [-0.05, 0) is 42.5 Å². The van der Waals surface area contributed by atoms with Crippen molar-refractivity contribution in [2.45, 2.75) is 11.6 Å². The fourth-order valence-corrected chi connectivity index (χ4v) is 3.81. The van der Waals surface area contributed by atoms with Crippen molar-refractivity contribution in [1.82, 2.24) is 20.1 Å². The number of halogens is 3. The molecule has 0 fully saturated rings. The molecule has 0 saturated heterocycles. The van der Waals surface area contributed by atoms with Gasteiger partial charge in [0.1, 0.15) is 5.82 Å². The summed E-state index contributed by atoms with van der Waals surface area (Å²) in [5, 5.41) is 13.0. The lowest BCUT2D eigenvalue weighted by atomic mass is 10.1. The average molecular weight is 484 g/mol. The first-order valence-electron chi connectivity index (χ1n) is 8.88. The highest BCUT2D eigenvalue weighted by molar-refractivity contribution is 7.99. The topological polar surface area (TPSA) is 76.9 Å². The van der Waals surface area contributed by atoms with E-state index in [0.29, 0.717) is 50.1 Å². The van der Waals surface area contributed by atoms with E-state index >= 15 is 0 Å². The van der Waals surface area contributed by atoms with Gasteiger partial charge in [0, 0.05) is 36.2 Å². The Hall–Kier alpha value is -2.06. The monoisotopic (exact) mass is 482 g/mol. The quantitative estimate of drug-likeness (QED) is 0.370. The maximum Gasteiger partial charge on any atom is 0.251 e. The fourth-order valence-electron chi connectivity index (χ4n) is 2.56. The molecular weight excluding hydrogens is 467 g/mol. The highest BCUT2D eigenvalue weighted by Crippen LogP contribution is 2.22. The number of thioether (sulfide) groups is 1. The van der Waals surface area contributed by atoms with Crippen molar-refractivity contribution in [3.63, 3.8) is 0 Å². The molecule has 0 bridgehead atoms. The van der Waals surface area contributed by atoms with Gasteiger partial charge in [-0.2, -0.15) is 0 Å². The lowest BCUT2D eigenvalue weighted by Crippen LogP contribution is -2.26. The molecule has 1 heterocycles. The van der Waals surface area contributed by atoms with Crippen LogP contribution in [0, 0.1) is 0 Å². The summed E-state index contributed by atoms with van der Waals surface area (Å²) in [6.07, 6.45) is 0.488. The van der Waals surface area contributed by atoms with Crippen molar-refractivity contribution >= 4 is 58.3 Å². The molecule has 0 atom stereocenters. The zero-order chi connectivity index (χ0) is 21.7. The number of nitrogens with zero attached hydrogens (tertiary/aromatic N) is 3. The van der Waals surface area contributed by atoms with Crippen LogP contribution in [0.2, 0.25) is 15.1 Å². The van der Waals surface area contributed by atoms with E-state index in [4.69, 9.17) is 34.8 Å². The van der Waals surface area contributed by atoms with E-state index in [1.54, 1.807) is 36.4 Å². The van der Waals surface area contributed by atoms with E-state index in [-0.39, 0.29) is 17.4 Å². The van der Waals surface area contributed by atoms with Crippen molar-refractivity contribution in [2.75, 3.05) is 12.3 Å². The van der Waals surface area contributed by atoms with Crippen molar-refractivity contribution in [3.8, 4) is 0 Å². The molecule has 2 aromatic carbocycles. The molecule has 6 nitrogen and oxygen atoms in total. The summed E-state index contributed by atoms with van der Waals surface area (Å²) >= 11 is 19.0. The largest absolute Gasteiger partial charge is 0.352 e. The number of ketones is 1. The summed E-state index contributed by atoms with van der Waals surface area (Å²) in [6, 6.07) is 11.5. The maximum absolute atomic E-state index is 12.3. The van der Waals surface area contributed by atoms with E-state index in [9.17, 15) is 9.59 Å². The average Bonchev–Trinajstić information content (AvgIpc) is 3.08. The summed E-state index contributed by atoms with van der Waals surface area (Å²) in [5.74, 6) is 0.668. The molecule has 30 heavy (non-hydrogen) atoms. The van der Waals surface area contributed by atoms with Crippen molar-refractivity contribution in [1.29, 1.82) is 0 Å². The third kappa shape index (κ3) is 5.76. The predicted molar refractivity (Wildman–Crippen MR) is 120 cm³/mol. The van der Waals surface area contributed by atoms with Gasteiger partial charge < -0.3 is 9.88 Å². The van der Waals surface area contributed by atoms with E-state index in [1.165, 1.54) is 17.8 Å². The Morgan fingerprint density at radius 3 is 2.40 bits per heavy atom. The maximum atomic E-state index is 12.3. The SMILES string of the molecule is Cn1c(CCNC(=O)c2ccc(Cl)c(Cl)c2)nnc1SCC(=O)c1ccc(Cl)cc1. The number of aromatic nitrogens is 3.